The van der Waals surface area contributed by atoms with Crippen molar-refractivity contribution in [2.45, 2.75) is 19.9 Å². The molecule has 0 aliphatic carbocycles. The monoisotopic (exact) mass is 288 g/mol. The Hall–Kier alpha value is -2.27. The van der Waals surface area contributed by atoms with Crippen molar-refractivity contribution in [3.8, 4) is 0 Å². The maximum atomic E-state index is 12.0. The van der Waals surface area contributed by atoms with E-state index in [9.17, 15) is 4.79 Å². The van der Waals surface area contributed by atoms with Gasteiger partial charge in [0.1, 0.15) is 5.76 Å². The van der Waals surface area contributed by atoms with Gasteiger partial charge in [0.05, 0.1) is 18.9 Å². The molecule has 1 amide bonds. The maximum Gasteiger partial charge on any atom is 0.251 e. The number of hydrogen-bond acceptors (Lipinski definition) is 4. The van der Waals surface area contributed by atoms with Gasteiger partial charge in [-0.1, -0.05) is 6.07 Å². The first-order chi connectivity index (χ1) is 10.1. The smallest absolute Gasteiger partial charge is 0.251 e. The third kappa shape index (κ3) is 3.64. The number of furan rings is 1. The molecule has 21 heavy (non-hydrogen) atoms. The topological polar surface area (TPSA) is 74.5 Å². The number of amides is 1. The summed E-state index contributed by atoms with van der Waals surface area (Å²) in [7, 11) is 0. The molecule has 0 spiro atoms. The lowest BCUT2D eigenvalue weighted by Gasteiger charge is -2.17. The molecule has 0 radical (unpaired) electrons. The average molecular weight is 288 g/mol. The Bertz CT molecular complexity index is 594. The predicted octanol–water partition coefficient (Wildman–Crippen LogP) is 2.48. The summed E-state index contributed by atoms with van der Waals surface area (Å²) in [6.07, 6.45) is 1.64. The highest BCUT2D eigenvalue weighted by Gasteiger charge is 2.14. The molecule has 0 saturated carbocycles. The van der Waals surface area contributed by atoms with Crippen molar-refractivity contribution in [2.24, 2.45) is 0 Å². The molecule has 0 fully saturated rings. The van der Waals surface area contributed by atoms with Gasteiger partial charge in [-0.3, -0.25) is 4.79 Å². The first-order valence-corrected chi connectivity index (χ1v) is 6.92. The van der Waals surface area contributed by atoms with Gasteiger partial charge in [-0.15, -0.1) is 0 Å². The van der Waals surface area contributed by atoms with E-state index >= 15 is 0 Å². The highest BCUT2D eigenvalue weighted by atomic mass is 16.3. The second kappa shape index (κ2) is 6.95. The maximum absolute atomic E-state index is 12.0. The zero-order chi connectivity index (χ0) is 15.2. The zero-order valence-corrected chi connectivity index (χ0v) is 12.2. The van der Waals surface area contributed by atoms with E-state index in [2.05, 4.69) is 10.6 Å². The average Bonchev–Trinajstić information content (AvgIpc) is 3.01. The minimum absolute atomic E-state index is 0.00875. The van der Waals surface area contributed by atoms with E-state index in [1.807, 2.05) is 38.1 Å². The van der Waals surface area contributed by atoms with Crippen LogP contribution in [0.3, 0.4) is 0 Å². The van der Waals surface area contributed by atoms with E-state index < -0.39 is 0 Å². The molecule has 0 aliphatic rings. The summed E-state index contributed by atoms with van der Waals surface area (Å²) < 4.78 is 5.37. The Morgan fingerprint density at radius 2 is 2.14 bits per heavy atom. The fraction of sp³-hybridized carbons (Fsp3) is 0.312. The highest BCUT2D eigenvalue weighted by Crippen LogP contribution is 2.24. The summed E-state index contributed by atoms with van der Waals surface area (Å²) in [6.45, 7) is 4.07. The van der Waals surface area contributed by atoms with E-state index in [-0.39, 0.29) is 25.1 Å². The first kappa shape index (κ1) is 15.1. The standard InChI is InChI=1S/C16H20N2O3/c1-11-13(16(20)17-8-9-19)5-3-6-14(11)18-12(2)15-7-4-10-21-15/h3-7,10,12,18-19H,8-9H2,1-2H3,(H,17,20). The molecule has 2 aromatic rings. The lowest BCUT2D eigenvalue weighted by Crippen LogP contribution is -2.27. The zero-order valence-electron chi connectivity index (χ0n) is 12.2. The van der Waals surface area contributed by atoms with Crippen LogP contribution in [0, 0.1) is 6.92 Å². The number of benzene rings is 1. The molecule has 1 aromatic carbocycles. The number of aliphatic hydroxyl groups is 1. The van der Waals surface area contributed by atoms with Crippen molar-refractivity contribution in [3.63, 3.8) is 0 Å². The Kier molecular flexibility index (Phi) is 5.00. The normalized spacial score (nSPS) is 12.0. The van der Waals surface area contributed by atoms with E-state index in [0.717, 1.165) is 17.0 Å². The van der Waals surface area contributed by atoms with Gasteiger partial charge in [-0.25, -0.2) is 0 Å². The molecule has 3 N–H and O–H groups in total. The molecular formula is C16H20N2O3. The molecule has 0 aliphatic heterocycles. The van der Waals surface area contributed by atoms with Crippen LogP contribution in [0.25, 0.3) is 0 Å². The van der Waals surface area contributed by atoms with Gasteiger partial charge in [-0.2, -0.15) is 0 Å². The molecule has 1 aromatic heterocycles. The minimum atomic E-state index is -0.184. The molecule has 112 valence electrons. The Morgan fingerprint density at radius 1 is 1.33 bits per heavy atom. The van der Waals surface area contributed by atoms with E-state index in [0.29, 0.717) is 5.56 Å². The molecule has 2 rings (SSSR count). The van der Waals surface area contributed by atoms with Gasteiger partial charge < -0.3 is 20.2 Å². The SMILES string of the molecule is Cc1c(NC(C)c2ccco2)cccc1C(=O)NCCO. The van der Waals surface area contributed by atoms with Gasteiger partial charge in [0.25, 0.3) is 5.91 Å². The minimum Gasteiger partial charge on any atom is -0.467 e. The molecule has 0 saturated heterocycles. The lowest BCUT2D eigenvalue weighted by atomic mass is 10.1. The summed E-state index contributed by atoms with van der Waals surface area (Å²) in [5, 5.41) is 14.8. The predicted molar refractivity (Wildman–Crippen MR) is 81.3 cm³/mol. The van der Waals surface area contributed by atoms with Crippen molar-refractivity contribution in [2.75, 3.05) is 18.5 Å². The number of anilines is 1. The quantitative estimate of drug-likeness (QED) is 0.763. The van der Waals surface area contributed by atoms with Gasteiger partial charge in [0, 0.05) is 17.8 Å². The molecular weight excluding hydrogens is 268 g/mol. The largest absolute Gasteiger partial charge is 0.467 e. The summed E-state index contributed by atoms with van der Waals surface area (Å²) in [4.78, 5) is 12.0. The van der Waals surface area contributed by atoms with Gasteiger partial charge >= 0.3 is 0 Å². The second-order valence-electron chi connectivity index (χ2n) is 4.84. The van der Waals surface area contributed by atoms with Crippen molar-refractivity contribution in [1.29, 1.82) is 0 Å². The van der Waals surface area contributed by atoms with Crippen LogP contribution < -0.4 is 10.6 Å². The van der Waals surface area contributed by atoms with Crippen LogP contribution in [-0.4, -0.2) is 24.2 Å². The van der Waals surface area contributed by atoms with Gasteiger partial charge in [0.2, 0.25) is 0 Å². The molecule has 1 unspecified atom stereocenters. The van der Waals surface area contributed by atoms with Crippen molar-refractivity contribution in [3.05, 3.63) is 53.5 Å². The molecule has 5 heteroatoms. The highest BCUT2D eigenvalue weighted by molar-refractivity contribution is 5.97. The van der Waals surface area contributed by atoms with Crippen LogP contribution in [0.15, 0.2) is 41.0 Å². The molecule has 0 bridgehead atoms. The summed E-state index contributed by atoms with van der Waals surface area (Å²) in [6, 6.07) is 9.29. The van der Waals surface area contributed by atoms with Crippen LogP contribution in [0.2, 0.25) is 0 Å². The third-order valence-corrected chi connectivity index (χ3v) is 3.32. The van der Waals surface area contributed by atoms with Crippen molar-refractivity contribution in [1.82, 2.24) is 5.32 Å². The fourth-order valence-corrected chi connectivity index (χ4v) is 2.14. The second-order valence-corrected chi connectivity index (χ2v) is 4.84. The van der Waals surface area contributed by atoms with E-state index in [1.165, 1.54) is 0 Å². The van der Waals surface area contributed by atoms with Gasteiger partial charge in [0.15, 0.2) is 0 Å². The first-order valence-electron chi connectivity index (χ1n) is 6.92. The number of rotatable bonds is 6. The van der Waals surface area contributed by atoms with Crippen molar-refractivity contribution >= 4 is 11.6 Å². The number of hydrogen-bond donors (Lipinski definition) is 3. The number of nitrogens with one attached hydrogen (secondary N) is 2. The summed E-state index contributed by atoms with van der Waals surface area (Å²) in [5.74, 6) is 0.653. The Balaban J connectivity index is 2.15. The van der Waals surface area contributed by atoms with Crippen LogP contribution >= 0.6 is 0 Å². The van der Waals surface area contributed by atoms with E-state index in [4.69, 9.17) is 9.52 Å². The van der Waals surface area contributed by atoms with Crippen LogP contribution in [-0.2, 0) is 0 Å². The van der Waals surface area contributed by atoms with Crippen LogP contribution in [0.4, 0.5) is 5.69 Å². The number of aliphatic hydroxyl groups excluding tert-OH is 1. The van der Waals surface area contributed by atoms with Crippen molar-refractivity contribution < 1.29 is 14.3 Å². The van der Waals surface area contributed by atoms with Crippen LogP contribution in [0.5, 0.6) is 0 Å². The number of carbonyl (C=O) groups is 1. The van der Waals surface area contributed by atoms with Gasteiger partial charge in [-0.05, 0) is 43.7 Å². The Labute approximate surface area is 124 Å². The fourth-order valence-electron chi connectivity index (χ4n) is 2.14. The molecule has 1 atom stereocenters. The lowest BCUT2D eigenvalue weighted by molar-refractivity contribution is 0.0944. The molecule has 1 heterocycles. The number of carbonyl (C=O) groups excluding carboxylic acids is 1. The van der Waals surface area contributed by atoms with Crippen LogP contribution in [0.1, 0.15) is 34.6 Å². The summed E-state index contributed by atoms with van der Waals surface area (Å²) in [5.41, 5.74) is 2.35. The van der Waals surface area contributed by atoms with E-state index in [1.54, 1.807) is 12.3 Å². The third-order valence-electron chi connectivity index (χ3n) is 3.32. The Morgan fingerprint density at radius 3 is 2.81 bits per heavy atom. The summed E-state index contributed by atoms with van der Waals surface area (Å²) >= 11 is 0. The molecule has 5 nitrogen and oxygen atoms in total.